The van der Waals surface area contributed by atoms with E-state index in [2.05, 4.69) is 17.1 Å². The van der Waals surface area contributed by atoms with Crippen LogP contribution >= 0.6 is 0 Å². The number of hydrogen-bond donors (Lipinski definition) is 2. The van der Waals surface area contributed by atoms with Gasteiger partial charge in [-0.25, -0.2) is 0 Å². The summed E-state index contributed by atoms with van der Waals surface area (Å²) in [5, 5.41) is 11.9. The van der Waals surface area contributed by atoms with Crippen LogP contribution in [0.3, 0.4) is 0 Å². The van der Waals surface area contributed by atoms with Crippen molar-refractivity contribution >= 4 is 5.84 Å². The molecule has 1 fully saturated rings. The van der Waals surface area contributed by atoms with Gasteiger partial charge in [-0.1, -0.05) is 16.8 Å². The number of benzene rings is 1. The van der Waals surface area contributed by atoms with Gasteiger partial charge in [-0.3, -0.25) is 0 Å². The minimum atomic E-state index is 0.0849. The molecule has 0 saturated carbocycles. The molecule has 20 heavy (non-hydrogen) atoms. The third kappa shape index (κ3) is 3.42. The first kappa shape index (κ1) is 14.7. The van der Waals surface area contributed by atoms with Crippen molar-refractivity contribution in [3.05, 3.63) is 29.3 Å². The van der Waals surface area contributed by atoms with E-state index < -0.39 is 0 Å². The maximum absolute atomic E-state index is 8.84. The first-order valence-electron chi connectivity index (χ1n) is 7.03. The van der Waals surface area contributed by atoms with E-state index in [9.17, 15) is 0 Å². The standard InChI is InChI=1S/C15H23N3O2/c1-11-5-6-14(13(10-11)15(16)17-19)20-9-7-12-4-3-8-18(12)2/h5-6,10,12,19H,3-4,7-9H2,1-2H3,(H2,16,17). The average Bonchev–Trinajstić information content (AvgIpc) is 2.85. The van der Waals surface area contributed by atoms with Gasteiger partial charge in [0.2, 0.25) is 0 Å². The van der Waals surface area contributed by atoms with Gasteiger partial charge in [0.15, 0.2) is 5.84 Å². The Balaban J connectivity index is 1.98. The van der Waals surface area contributed by atoms with Gasteiger partial charge >= 0.3 is 0 Å². The molecule has 1 aromatic carbocycles. The summed E-state index contributed by atoms with van der Waals surface area (Å²) in [7, 11) is 2.16. The summed E-state index contributed by atoms with van der Waals surface area (Å²) in [5.41, 5.74) is 7.39. The molecule has 1 atom stereocenters. The number of hydrogen-bond acceptors (Lipinski definition) is 4. The lowest BCUT2D eigenvalue weighted by molar-refractivity contribution is 0.233. The molecule has 2 rings (SSSR count). The van der Waals surface area contributed by atoms with Gasteiger partial charge in [0.05, 0.1) is 12.2 Å². The van der Waals surface area contributed by atoms with Crippen LogP contribution in [-0.2, 0) is 0 Å². The number of ether oxygens (including phenoxy) is 1. The monoisotopic (exact) mass is 277 g/mol. The number of nitrogens with zero attached hydrogens (tertiary/aromatic N) is 2. The third-order valence-corrected chi connectivity index (χ3v) is 3.90. The smallest absolute Gasteiger partial charge is 0.173 e. The second kappa shape index (κ2) is 6.61. The molecular formula is C15H23N3O2. The Morgan fingerprint density at radius 2 is 2.35 bits per heavy atom. The largest absolute Gasteiger partial charge is 0.493 e. The molecule has 1 heterocycles. The number of oxime groups is 1. The first-order valence-corrected chi connectivity index (χ1v) is 7.03. The first-order chi connectivity index (χ1) is 9.61. The molecule has 0 aromatic heterocycles. The molecule has 0 amide bonds. The van der Waals surface area contributed by atoms with Crippen molar-refractivity contribution < 1.29 is 9.94 Å². The van der Waals surface area contributed by atoms with Gasteiger partial charge in [0.25, 0.3) is 0 Å². The van der Waals surface area contributed by atoms with E-state index in [0.717, 1.165) is 12.0 Å². The van der Waals surface area contributed by atoms with Gasteiger partial charge in [0, 0.05) is 6.04 Å². The van der Waals surface area contributed by atoms with Crippen molar-refractivity contribution in [2.45, 2.75) is 32.2 Å². The van der Waals surface area contributed by atoms with Crippen molar-refractivity contribution in [1.82, 2.24) is 4.90 Å². The average molecular weight is 277 g/mol. The maximum Gasteiger partial charge on any atom is 0.173 e. The highest BCUT2D eigenvalue weighted by atomic mass is 16.5. The van der Waals surface area contributed by atoms with E-state index in [0.29, 0.717) is 24.0 Å². The van der Waals surface area contributed by atoms with E-state index in [1.165, 1.54) is 19.4 Å². The molecule has 1 aliphatic rings. The van der Waals surface area contributed by atoms with E-state index in [-0.39, 0.29) is 5.84 Å². The Morgan fingerprint density at radius 3 is 3.00 bits per heavy atom. The molecule has 110 valence electrons. The van der Waals surface area contributed by atoms with Gasteiger partial charge < -0.3 is 20.6 Å². The molecule has 5 heteroatoms. The maximum atomic E-state index is 8.84. The number of amidine groups is 1. The highest BCUT2D eigenvalue weighted by molar-refractivity contribution is 5.99. The molecule has 0 spiro atoms. The van der Waals surface area contributed by atoms with Crippen molar-refractivity contribution in [1.29, 1.82) is 0 Å². The summed E-state index contributed by atoms with van der Waals surface area (Å²) >= 11 is 0. The highest BCUT2D eigenvalue weighted by Crippen LogP contribution is 2.22. The quantitative estimate of drug-likeness (QED) is 0.373. The third-order valence-electron chi connectivity index (χ3n) is 3.90. The van der Waals surface area contributed by atoms with Crippen LogP contribution in [-0.4, -0.2) is 42.2 Å². The van der Waals surface area contributed by atoms with E-state index >= 15 is 0 Å². The Hall–Kier alpha value is -1.75. The fourth-order valence-corrected chi connectivity index (χ4v) is 2.67. The Morgan fingerprint density at radius 1 is 1.55 bits per heavy atom. The molecule has 3 N–H and O–H groups in total. The van der Waals surface area contributed by atoms with Crippen molar-refractivity contribution in [2.75, 3.05) is 20.2 Å². The lowest BCUT2D eigenvalue weighted by Gasteiger charge is -2.19. The fraction of sp³-hybridized carbons (Fsp3) is 0.533. The van der Waals surface area contributed by atoms with Crippen molar-refractivity contribution in [3.8, 4) is 5.75 Å². The van der Waals surface area contributed by atoms with Gasteiger partial charge in [0.1, 0.15) is 5.75 Å². The molecule has 1 unspecified atom stereocenters. The minimum absolute atomic E-state index is 0.0849. The molecule has 0 aliphatic carbocycles. The van der Waals surface area contributed by atoms with E-state index in [4.69, 9.17) is 15.7 Å². The fourth-order valence-electron chi connectivity index (χ4n) is 2.67. The summed E-state index contributed by atoms with van der Waals surface area (Å²) in [6, 6.07) is 6.31. The van der Waals surface area contributed by atoms with Gasteiger partial charge in [-0.05, 0) is 51.9 Å². The van der Waals surface area contributed by atoms with Crippen LogP contribution in [0.15, 0.2) is 23.4 Å². The lowest BCUT2D eigenvalue weighted by Crippen LogP contribution is -2.26. The molecule has 5 nitrogen and oxygen atoms in total. The molecule has 1 saturated heterocycles. The molecule has 0 radical (unpaired) electrons. The summed E-state index contributed by atoms with van der Waals surface area (Å²) in [6.45, 7) is 3.78. The molecule has 1 aliphatic heterocycles. The van der Waals surface area contributed by atoms with Gasteiger partial charge in [-0.15, -0.1) is 0 Å². The zero-order valence-corrected chi connectivity index (χ0v) is 12.2. The SMILES string of the molecule is Cc1ccc(OCCC2CCCN2C)c(/C(N)=N/O)c1. The number of nitrogens with two attached hydrogens (primary N) is 1. The van der Waals surface area contributed by atoms with Crippen LogP contribution in [0.2, 0.25) is 0 Å². The number of rotatable bonds is 5. The zero-order chi connectivity index (χ0) is 14.5. The zero-order valence-electron chi connectivity index (χ0n) is 12.2. The second-order valence-corrected chi connectivity index (χ2v) is 5.40. The Labute approximate surface area is 120 Å². The van der Waals surface area contributed by atoms with Crippen LogP contribution in [0, 0.1) is 6.92 Å². The molecule has 0 bridgehead atoms. The predicted octanol–water partition coefficient (Wildman–Crippen LogP) is 1.95. The van der Waals surface area contributed by atoms with Crippen LogP contribution in [0.4, 0.5) is 0 Å². The minimum Gasteiger partial charge on any atom is -0.493 e. The van der Waals surface area contributed by atoms with Crippen LogP contribution in [0.1, 0.15) is 30.4 Å². The van der Waals surface area contributed by atoms with E-state index in [1.54, 1.807) is 0 Å². The summed E-state index contributed by atoms with van der Waals surface area (Å²) in [4.78, 5) is 2.38. The normalized spacial score (nSPS) is 20.3. The van der Waals surface area contributed by atoms with Gasteiger partial charge in [-0.2, -0.15) is 0 Å². The lowest BCUT2D eigenvalue weighted by atomic mass is 10.1. The van der Waals surface area contributed by atoms with Crippen LogP contribution < -0.4 is 10.5 Å². The number of aryl methyl sites for hydroxylation is 1. The highest BCUT2D eigenvalue weighted by Gasteiger charge is 2.20. The second-order valence-electron chi connectivity index (χ2n) is 5.40. The van der Waals surface area contributed by atoms with E-state index in [1.807, 2.05) is 25.1 Å². The number of likely N-dealkylation sites (tertiary alicyclic amines) is 1. The predicted molar refractivity (Wildman–Crippen MR) is 79.5 cm³/mol. The summed E-state index contributed by atoms with van der Waals surface area (Å²) in [6.07, 6.45) is 3.50. The van der Waals surface area contributed by atoms with Crippen LogP contribution in [0.5, 0.6) is 5.75 Å². The van der Waals surface area contributed by atoms with Crippen molar-refractivity contribution in [2.24, 2.45) is 10.9 Å². The topological polar surface area (TPSA) is 71.1 Å². The summed E-state index contributed by atoms with van der Waals surface area (Å²) < 4.78 is 5.83. The summed E-state index contributed by atoms with van der Waals surface area (Å²) in [5.74, 6) is 0.758. The Bertz CT molecular complexity index is 488. The molecule has 1 aromatic rings. The Kier molecular flexibility index (Phi) is 4.84. The van der Waals surface area contributed by atoms with Crippen molar-refractivity contribution in [3.63, 3.8) is 0 Å². The van der Waals surface area contributed by atoms with Crippen LogP contribution in [0.25, 0.3) is 0 Å². The molecular weight excluding hydrogens is 254 g/mol.